The number of rotatable bonds is 9. The number of carbonyl (C=O) groups is 1. The van der Waals surface area contributed by atoms with Crippen LogP contribution >= 0.6 is 0 Å². The molecule has 0 radical (unpaired) electrons. The van der Waals surface area contributed by atoms with E-state index in [9.17, 15) is 9.90 Å². The molecule has 0 saturated heterocycles. The van der Waals surface area contributed by atoms with Gasteiger partial charge in [-0.3, -0.25) is 0 Å². The van der Waals surface area contributed by atoms with Crippen LogP contribution in [0.15, 0.2) is 0 Å². The predicted molar refractivity (Wildman–Crippen MR) is 68.4 cm³/mol. The highest BCUT2D eigenvalue weighted by atomic mass is 16.7. The van der Waals surface area contributed by atoms with Gasteiger partial charge < -0.3 is 15.6 Å². The predicted octanol–water partition coefficient (Wildman–Crippen LogP) is 3.18. The number of nitrogens with two attached hydrogens (primary N) is 1. The number of hydrogen-bond acceptors (Lipinski definition) is 3. The van der Waals surface area contributed by atoms with Crippen LogP contribution in [0.2, 0.25) is 0 Å². The molecule has 0 bridgehead atoms. The van der Waals surface area contributed by atoms with Crippen LogP contribution < -0.4 is 5.73 Å². The molecule has 2 unspecified atom stereocenters. The lowest BCUT2D eigenvalue weighted by molar-refractivity contribution is -0.201. The van der Waals surface area contributed by atoms with Crippen molar-refractivity contribution in [3.63, 3.8) is 0 Å². The van der Waals surface area contributed by atoms with Gasteiger partial charge in [-0.2, -0.15) is 0 Å². The Balaban J connectivity index is 4.31. The minimum Gasteiger partial charge on any atom is -0.417 e. The average molecular weight is 245 g/mol. The molecule has 3 N–H and O–H groups in total. The third-order valence-electron chi connectivity index (χ3n) is 3.32. The fourth-order valence-corrected chi connectivity index (χ4v) is 2.18. The Bertz CT molecular complexity index is 221. The highest BCUT2D eigenvalue weighted by Gasteiger charge is 2.36. The van der Waals surface area contributed by atoms with Crippen molar-refractivity contribution in [3.8, 4) is 0 Å². The second-order valence-corrected chi connectivity index (χ2v) is 4.57. The Hall–Kier alpha value is -0.770. The van der Waals surface area contributed by atoms with Gasteiger partial charge in [-0.05, 0) is 12.8 Å². The Morgan fingerprint density at radius 2 is 1.94 bits per heavy atom. The van der Waals surface area contributed by atoms with Crippen molar-refractivity contribution in [3.05, 3.63) is 0 Å². The number of carbonyl (C=O) groups excluding carboxylic acids is 1. The van der Waals surface area contributed by atoms with E-state index in [2.05, 4.69) is 6.92 Å². The fraction of sp³-hybridized carbons (Fsp3) is 0.923. The first-order chi connectivity index (χ1) is 8.00. The van der Waals surface area contributed by atoms with Crippen LogP contribution in [0.25, 0.3) is 0 Å². The van der Waals surface area contributed by atoms with E-state index in [0.29, 0.717) is 6.42 Å². The molecule has 4 nitrogen and oxygen atoms in total. The topological polar surface area (TPSA) is 72.6 Å². The molecule has 0 fully saturated rings. The molecule has 0 aromatic rings. The molecule has 2 atom stereocenters. The second kappa shape index (κ2) is 8.34. The van der Waals surface area contributed by atoms with Gasteiger partial charge in [0.2, 0.25) is 5.79 Å². The van der Waals surface area contributed by atoms with Crippen LogP contribution in [-0.4, -0.2) is 17.0 Å². The third kappa shape index (κ3) is 5.91. The molecule has 0 saturated carbocycles. The maximum absolute atomic E-state index is 10.8. The van der Waals surface area contributed by atoms with Crippen molar-refractivity contribution in [2.75, 3.05) is 0 Å². The average Bonchev–Trinajstić information content (AvgIpc) is 2.28. The molecular weight excluding hydrogens is 218 g/mol. The molecule has 0 heterocycles. The summed E-state index contributed by atoms with van der Waals surface area (Å²) in [6.07, 6.45) is 5.73. The summed E-state index contributed by atoms with van der Waals surface area (Å²) in [4.78, 5) is 10.8. The van der Waals surface area contributed by atoms with E-state index in [1.165, 1.54) is 12.8 Å². The van der Waals surface area contributed by atoms with Gasteiger partial charge >= 0.3 is 6.09 Å². The zero-order valence-electron chi connectivity index (χ0n) is 11.4. The molecule has 0 aromatic carbocycles. The van der Waals surface area contributed by atoms with Crippen LogP contribution in [0.4, 0.5) is 4.79 Å². The van der Waals surface area contributed by atoms with Crippen molar-refractivity contribution in [2.45, 2.75) is 71.5 Å². The van der Waals surface area contributed by atoms with E-state index >= 15 is 0 Å². The van der Waals surface area contributed by atoms with Crippen molar-refractivity contribution < 1.29 is 14.6 Å². The van der Waals surface area contributed by atoms with Gasteiger partial charge in [0.25, 0.3) is 0 Å². The summed E-state index contributed by atoms with van der Waals surface area (Å²) in [5, 5.41) is 10.3. The first-order valence-corrected chi connectivity index (χ1v) is 6.70. The SMILES string of the molecule is CCCCCCC(CC)C(O)(CC)OC(N)=O. The lowest BCUT2D eigenvalue weighted by Gasteiger charge is -2.33. The summed E-state index contributed by atoms with van der Waals surface area (Å²) in [6, 6.07) is 0. The zero-order chi connectivity index (χ0) is 13.3. The van der Waals surface area contributed by atoms with Crippen molar-refractivity contribution in [2.24, 2.45) is 11.7 Å². The largest absolute Gasteiger partial charge is 0.417 e. The molecule has 0 aromatic heterocycles. The summed E-state index contributed by atoms with van der Waals surface area (Å²) < 4.78 is 4.89. The van der Waals surface area contributed by atoms with Gasteiger partial charge in [0.15, 0.2) is 0 Å². The summed E-state index contributed by atoms with van der Waals surface area (Å²) >= 11 is 0. The number of hydrogen-bond donors (Lipinski definition) is 2. The number of ether oxygens (including phenoxy) is 1. The lowest BCUT2D eigenvalue weighted by atomic mass is 9.88. The molecule has 0 aliphatic rings. The van der Waals surface area contributed by atoms with E-state index in [1.54, 1.807) is 6.92 Å². The van der Waals surface area contributed by atoms with Gasteiger partial charge in [0.1, 0.15) is 0 Å². The Morgan fingerprint density at radius 1 is 1.29 bits per heavy atom. The van der Waals surface area contributed by atoms with Crippen molar-refractivity contribution >= 4 is 6.09 Å². The van der Waals surface area contributed by atoms with Gasteiger partial charge in [0.05, 0.1) is 0 Å². The van der Waals surface area contributed by atoms with E-state index in [-0.39, 0.29) is 5.92 Å². The smallest absolute Gasteiger partial charge is 0.407 e. The van der Waals surface area contributed by atoms with E-state index < -0.39 is 11.9 Å². The summed E-state index contributed by atoms with van der Waals surface area (Å²) in [5.74, 6) is -1.43. The Labute approximate surface area is 105 Å². The van der Waals surface area contributed by atoms with Crippen LogP contribution in [-0.2, 0) is 4.74 Å². The highest BCUT2D eigenvalue weighted by molar-refractivity contribution is 5.65. The Morgan fingerprint density at radius 3 is 2.35 bits per heavy atom. The van der Waals surface area contributed by atoms with E-state index in [4.69, 9.17) is 10.5 Å². The Kier molecular flexibility index (Phi) is 7.96. The standard InChI is InChI=1S/C13H27NO3/c1-4-7-8-9-10-11(5-2)13(16,6-3)17-12(14)15/h11,16H,4-10H2,1-3H3,(H2,14,15). The van der Waals surface area contributed by atoms with Gasteiger partial charge in [-0.1, -0.05) is 46.5 Å². The third-order valence-corrected chi connectivity index (χ3v) is 3.32. The second-order valence-electron chi connectivity index (χ2n) is 4.57. The molecule has 17 heavy (non-hydrogen) atoms. The van der Waals surface area contributed by atoms with Crippen LogP contribution in [0.1, 0.15) is 65.7 Å². The highest BCUT2D eigenvalue weighted by Crippen LogP contribution is 2.30. The molecule has 0 rings (SSSR count). The van der Waals surface area contributed by atoms with Gasteiger partial charge in [-0.15, -0.1) is 0 Å². The van der Waals surface area contributed by atoms with E-state index in [0.717, 1.165) is 25.7 Å². The number of primary amides is 1. The number of unbranched alkanes of at least 4 members (excludes halogenated alkanes) is 3. The molecule has 102 valence electrons. The van der Waals surface area contributed by atoms with Crippen LogP contribution in [0.5, 0.6) is 0 Å². The quantitative estimate of drug-likeness (QED) is 0.484. The maximum Gasteiger partial charge on any atom is 0.407 e. The monoisotopic (exact) mass is 245 g/mol. The summed E-state index contributed by atoms with van der Waals surface area (Å²) in [7, 11) is 0. The number of aliphatic hydroxyl groups is 1. The fourth-order valence-electron chi connectivity index (χ4n) is 2.18. The molecule has 4 heteroatoms. The lowest BCUT2D eigenvalue weighted by Crippen LogP contribution is -2.43. The normalized spacial score (nSPS) is 16.2. The zero-order valence-corrected chi connectivity index (χ0v) is 11.4. The molecule has 0 spiro atoms. The molecular formula is C13H27NO3. The minimum atomic E-state index is -1.40. The minimum absolute atomic E-state index is 0.0307. The first-order valence-electron chi connectivity index (χ1n) is 6.70. The molecule has 1 amide bonds. The maximum atomic E-state index is 10.8. The van der Waals surface area contributed by atoms with Crippen LogP contribution in [0.3, 0.4) is 0 Å². The van der Waals surface area contributed by atoms with Crippen molar-refractivity contribution in [1.29, 1.82) is 0 Å². The van der Waals surface area contributed by atoms with E-state index in [1.807, 2.05) is 6.92 Å². The van der Waals surface area contributed by atoms with Gasteiger partial charge in [-0.25, -0.2) is 4.79 Å². The molecule has 0 aliphatic carbocycles. The summed E-state index contributed by atoms with van der Waals surface area (Å²) in [6.45, 7) is 5.96. The van der Waals surface area contributed by atoms with Crippen molar-refractivity contribution in [1.82, 2.24) is 0 Å². The first kappa shape index (κ1) is 16.2. The number of amides is 1. The van der Waals surface area contributed by atoms with Gasteiger partial charge in [0, 0.05) is 12.3 Å². The summed E-state index contributed by atoms with van der Waals surface area (Å²) in [5.41, 5.74) is 5.00. The molecule has 0 aliphatic heterocycles. The van der Waals surface area contributed by atoms with Crippen LogP contribution in [0, 0.1) is 5.92 Å².